The average molecular weight is 354 g/mol. The van der Waals surface area contributed by atoms with Crippen LogP contribution in [0, 0.1) is 0 Å². The molecule has 0 aromatic carbocycles. The number of nitrogens with zero attached hydrogens (tertiary/aromatic N) is 3. The number of anilines is 1. The van der Waals surface area contributed by atoms with Crippen LogP contribution in [-0.4, -0.2) is 53.2 Å². The number of amides is 1. The first-order valence-electron chi connectivity index (χ1n) is 8.91. The molecule has 1 amide bonds. The van der Waals surface area contributed by atoms with Crippen LogP contribution < -0.4 is 16.4 Å². The number of carbonyl (C=O) groups is 1. The largest absolute Gasteiger partial charge is 0.377 e. The lowest BCUT2D eigenvalue weighted by Crippen LogP contribution is -2.38. The fourth-order valence-electron chi connectivity index (χ4n) is 3.40. The monoisotopic (exact) mass is 354 g/mol. The van der Waals surface area contributed by atoms with E-state index in [-0.39, 0.29) is 6.04 Å². The standard InChI is InChI=1S/C18H22N6O2/c19-17(25)14-7-13(6-11-3-5-26-9-11)23-16-15(14)21-10-22-18(16)24-12-2-1-4-20-8-12/h6-7,10,12,20H,1-5,8-9H2,(H2,19,25)(H,21,22,24)/b11-6+/t12-/m0/s1. The number of fused-ring (bicyclic) bond motifs is 1. The molecule has 4 N–H and O–H groups in total. The van der Waals surface area contributed by atoms with Crippen LogP contribution in [0.15, 0.2) is 18.0 Å². The second-order valence-corrected chi connectivity index (χ2v) is 6.67. The zero-order valence-electron chi connectivity index (χ0n) is 14.5. The second-order valence-electron chi connectivity index (χ2n) is 6.67. The van der Waals surface area contributed by atoms with E-state index in [0.717, 1.165) is 37.9 Å². The zero-order chi connectivity index (χ0) is 17.9. The van der Waals surface area contributed by atoms with Crippen LogP contribution in [0.25, 0.3) is 17.1 Å². The molecule has 4 rings (SSSR count). The van der Waals surface area contributed by atoms with Crippen LogP contribution in [0.1, 0.15) is 35.3 Å². The molecule has 2 aromatic rings. The van der Waals surface area contributed by atoms with Crippen molar-refractivity contribution >= 4 is 28.8 Å². The summed E-state index contributed by atoms with van der Waals surface area (Å²) in [6.07, 6.45) is 6.44. The van der Waals surface area contributed by atoms with Crippen LogP contribution in [-0.2, 0) is 4.74 Å². The van der Waals surface area contributed by atoms with E-state index < -0.39 is 5.91 Å². The fraction of sp³-hybridized carbons (Fsp3) is 0.444. The number of hydrogen-bond donors (Lipinski definition) is 3. The Bertz CT molecular complexity index is 852. The summed E-state index contributed by atoms with van der Waals surface area (Å²) in [4.78, 5) is 25.3. The zero-order valence-corrected chi connectivity index (χ0v) is 14.5. The quantitative estimate of drug-likeness (QED) is 0.753. The third kappa shape index (κ3) is 3.51. The maximum atomic E-state index is 12.0. The first kappa shape index (κ1) is 16.9. The van der Waals surface area contributed by atoms with Gasteiger partial charge in [0.2, 0.25) is 0 Å². The Morgan fingerprint density at radius 3 is 3.04 bits per heavy atom. The van der Waals surface area contributed by atoms with Crippen molar-refractivity contribution in [2.45, 2.75) is 25.3 Å². The Hall–Kier alpha value is -2.58. The molecule has 2 saturated heterocycles. The van der Waals surface area contributed by atoms with Crippen molar-refractivity contribution < 1.29 is 9.53 Å². The molecule has 0 unspecified atom stereocenters. The minimum Gasteiger partial charge on any atom is -0.377 e. The van der Waals surface area contributed by atoms with E-state index in [9.17, 15) is 4.79 Å². The highest BCUT2D eigenvalue weighted by atomic mass is 16.5. The average Bonchev–Trinajstić information content (AvgIpc) is 3.15. The van der Waals surface area contributed by atoms with Crippen molar-refractivity contribution in [1.82, 2.24) is 20.3 Å². The van der Waals surface area contributed by atoms with E-state index >= 15 is 0 Å². The van der Waals surface area contributed by atoms with Crippen molar-refractivity contribution in [3.8, 4) is 0 Å². The third-order valence-electron chi connectivity index (χ3n) is 4.72. The lowest BCUT2D eigenvalue weighted by Gasteiger charge is -2.24. The molecule has 8 heteroatoms. The second kappa shape index (κ2) is 7.35. The fourth-order valence-corrected chi connectivity index (χ4v) is 3.40. The molecule has 136 valence electrons. The van der Waals surface area contributed by atoms with Gasteiger partial charge in [0.25, 0.3) is 5.91 Å². The lowest BCUT2D eigenvalue weighted by atomic mass is 10.1. The molecule has 26 heavy (non-hydrogen) atoms. The molecular weight excluding hydrogens is 332 g/mol. The summed E-state index contributed by atoms with van der Waals surface area (Å²) >= 11 is 0. The van der Waals surface area contributed by atoms with E-state index in [0.29, 0.717) is 41.3 Å². The summed E-state index contributed by atoms with van der Waals surface area (Å²) in [5.41, 5.74) is 8.81. The first-order valence-corrected chi connectivity index (χ1v) is 8.91. The molecule has 0 radical (unpaired) electrons. The number of nitrogens with two attached hydrogens (primary N) is 1. The molecule has 2 aromatic heterocycles. The first-order chi connectivity index (χ1) is 12.7. The van der Waals surface area contributed by atoms with Gasteiger partial charge in [0.05, 0.1) is 24.5 Å². The maximum Gasteiger partial charge on any atom is 0.251 e. The number of hydrogen-bond acceptors (Lipinski definition) is 7. The number of pyridine rings is 1. The number of aromatic nitrogens is 3. The van der Waals surface area contributed by atoms with Gasteiger partial charge in [0.1, 0.15) is 17.4 Å². The van der Waals surface area contributed by atoms with Gasteiger partial charge in [0.15, 0.2) is 5.82 Å². The van der Waals surface area contributed by atoms with Gasteiger partial charge in [-0.25, -0.2) is 15.0 Å². The van der Waals surface area contributed by atoms with Gasteiger partial charge < -0.3 is 21.1 Å². The summed E-state index contributed by atoms with van der Waals surface area (Å²) in [6, 6.07) is 1.96. The molecule has 1 atom stereocenters. The van der Waals surface area contributed by atoms with E-state index in [1.165, 1.54) is 6.33 Å². The minimum absolute atomic E-state index is 0.269. The van der Waals surface area contributed by atoms with Crippen molar-refractivity contribution in [3.05, 3.63) is 29.2 Å². The van der Waals surface area contributed by atoms with Crippen LogP contribution in [0.5, 0.6) is 0 Å². The number of ether oxygens (including phenoxy) is 1. The summed E-state index contributed by atoms with van der Waals surface area (Å²) in [6.45, 7) is 3.21. The van der Waals surface area contributed by atoms with Crippen molar-refractivity contribution in [1.29, 1.82) is 0 Å². The van der Waals surface area contributed by atoms with E-state index in [1.807, 2.05) is 6.08 Å². The third-order valence-corrected chi connectivity index (χ3v) is 4.72. The van der Waals surface area contributed by atoms with Gasteiger partial charge in [-0.15, -0.1) is 0 Å². The Morgan fingerprint density at radius 2 is 2.31 bits per heavy atom. The summed E-state index contributed by atoms with van der Waals surface area (Å²) in [7, 11) is 0. The molecule has 0 spiro atoms. The molecule has 2 aliphatic rings. The van der Waals surface area contributed by atoms with E-state index in [2.05, 4.69) is 20.6 Å². The Labute approximate surface area is 151 Å². The minimum atomic E-state index is -0.524. The number of carbonyl (C=O) groups excluding carboxylic acids is 1. The highest BCUT2D eigenvalue weighted by Crippen LogP contribution is 2.24. The van der Waals surface area contributed by atoms with Crippen LogP contribution in [0.3, 0.4) is 0 Å². The smallest absolute Gasteiger partial charge is 0.251 e. The molecule has 0 saturated carbocycles. The van der Waals surface area contributed by atoms with Crippen LogP contribution >= 0.6 is 0 Å². The number of primary amides is 1. The highest BCUT2D eigenvalue weighted by molar-refractivity contribution is 6.06. The Balaban J connectivity index is 1.78. The lowest BCUT2D eigenvalue weighted by molar-refractivity contribution is 0.100. The van der Waals surface area contributed by atoms with E-state index in [4.69, 9.17) is 15.5 Å². The Kier molecular flexibility index (Phi) is 4.77. The Morgan fingerprint density at radius 1 is 1.38 bits per heavy atom. The highest BCUT2D eigenvalue weighted by Gasteiger charge is 2.19. The molecule has 8 nitrogen and oxygen atoms in total. The number of rotatable bonds is 4. The van der Waals surface area contributed by atoms with Crippen LogP contribution in [0.2, 0.25) is 0 Å². The van der Waals surface area contributed by atoms with Crippen molar-refractivity contribution in [2.75, 3.05) is 31.6 Å². The van der Waals surface area contributed by atoms with Gasteiger partial charge in [-0.1, -0.05) is 0 Å². The molecule has 2 aliphatic heterocycles. The topological polar surface area (TPSA) is 115 Å². The van der Waals surface area contributed by atoms with Crippen LogP contribution in [0.4, 0.5) is 5.82 Å². The number of piperidine rings is 1. The normalized spacial score (nSPS) is 22.0. The van der Waals surface area contributed by atoms with Gasteiger partial charge in [-0.2, -0.15) is 0 Å². The van der Waals surface area contributed by atoms with Gasteiger partial charge in [-0.05, 0) is 43.5 Å². The molecular formula is C18H22N6O2. The molecule has 0 bridgehead atoms. The SMILES string of the molecule is NC(=O)c1cc(/C=C2\CCOC2)nc2c(N[C@H]3CCCNC3)ncnc12. The number of nitrogens with one attached hydrogen (secondary N) is 2. The summed E-state index contributed by atoms with van der Waals surface area (Å²) in [5, 5.41) is 6.81. The van der Waals surface area contributed by atoms with Gasteiger partial charge in [0, 0.05) is 12.6 Å². The predicted molar refractivity (Wildman–Crippen MR) is 98.8 cm³/mol. The van der Waals surface area contributed by atoms with E-state index in [1.54, 1.807) is 6.07 Å². The molecule has 4 heterocycles. The predicted octanol–water partition coefficient (Wildman–Crippen LogP) is 1.09. The summed E-state index contributed by atoms with van der Waals surface area (Å²) in [5.74, 6) is 0.109. The van der Waals surface area contributed by atoms with Gasteiger partial charge >= 0.3 is 0 Å². The van der Waals surface area contributed by atoms with Crippen molar-refractivity contribution in [3.63, 3.8) is 0 Å². The molecule has 2 fully saturated rings. The van der Waals surface area contributed by atoms with Gasteiger partial charge in [-0.3, -0.25) is 4.79 Å². The summed E-state index contributed by atoms with van der Waals surface area (Å²) < 4.78 is 5.39. The maximum absolute atomic E-state index is 12.0. The van der Waals surface area contributed by atoms with Crippen molar-refractivity contribution in [2.24, 2.45) is 5.73 Å². The molecule has 0 aliphatic carbocycles.